The van der Waals surface area contributed by atoms with Gasteiger partial charge in [0.25, 0.3) is 0 Å². The van der Waals surface area contributed by atoms with E-state index in [2.05, 4.69) is 16.7 Å². The second-order valence-electron chi connectivity index (χ2n) is 6.28. The highest BCUT2D eigenvalue weighted by Gasteiger charge is 2.40. The zero-order chi connectivity index (χ0) is 16.4. The van der Waals surface area contributed by atoms with Crippen molar-refractivity contribution in [3.05, 3.63) is 59.9 Å². The number of nitrogens with zero attached hydrogens (tertiary/aromatic N) is 1. The minimum Gasteiger partial charge on any atom is -0.381 e. The monoisotopic (exact) mass is 325 g/mol. The third-order valence-electron chi connectivity index (χ3n) is 4.68. The topological polar surface area (TPSA) is 45.7 Å². The van der Waals surface area contributed by atoms with E-state index in [1.165, 1.54) is 12.1 Å². The number of aliphatic imine (C=N–C) groups is 1. The van der Waals surface area contributed by atoms with Crippen molar-refractivity contribution < 1.29 is 9.13 Å². The molecule has 0 unspecified atom stereocenters. The van der Waals surface area contributed by atoms with Gasteiger partial charge in [0.1, 0.15) is 11.7 Å². The van der Waals surface area contributed by atoms with Gasteiger partial charge in [-0.1, -0.05) is 24.3 Å². The molecule has 2 N–H and O–H groups in total. The van der Waals surface area contributed by atoms with Crippen molar-refractivity contribution in [1.82, 2.24) is 5.32 Å². The summed E-state index contributed by atoms with van der Waals surface area (Å²) in [4.78, 5) is 4.87. The Morgan fingerprint density at radius 1 is 1.08 bits per heavy atom. The first-order valence-corrected chi connectivity index (χ1v) is 8.28. The van der Waals surface area contributed by atoms with Crippen molar-refractivity contribution >= 4 is 17.2 Å². The molecular formula is C19H20FN3O. The predicted octanol–water partition coefficient (Wildman–Crippen LogP) is 3.62. The van der Waals surface area contributed by atoms with Gasteiger partial charge in [-0.25, -0.2) is 9.38 Å². The number of nitrogens with one attached hydrogen (secondary N) is 2. The van der Waals surface area contributed by atoms with Crippen molar-refractivity contribution in [2.75, 3.05) is 18.5 Å². The number of amidine groups is 1. The zero-order valence-electron chi connectivity index (χ0n) is 13.4. The SMILES string of the molecule is Fc1ccc(CNC2=Nc3ccccc3NC23CCOCC3)cc1. The largest absolute Gasteiger partial charge is 0.381 e. The molecule has 2 aliphatic rings. The Bertz CT molecular complexity index is 751. The molecule has 124 valence electrons. The van der Waals surface area contributed by atoms with Crippen molar-refractivity contribution in [3.8, 4) is 0 Å². The van der Waals surface area contributed by atoms with Crippen LogP contribution in [-0.2, 0) is 11.3 Å². The number of hydrogen-bond donors (Lipinski definition) is 2. The van der Waals surface area contributed by atoms with E-state index in [-0.39, 0.29) is 11.4 Å². The van der Waals surface area contributed by atoms with E-state index < -0.39 is 0 Å². The molecule has 5 heteroatoms. The molecular weight excluding hydrogens is 305 g/mol. The number of fused-ring (bicyclic) bond motifs is 1. The van der Waals surface area contributed by atoms with Crippen LogP contribution in [0.3, 0.4) is 0 Å². The van der Waals surface area contributed by atoms with Crippen molar-refractivity contribution in [2.24, 2.45) is 4.99 Å². The fraction of sp³-hybridized carbons (Fsp3) is 0.316. The molecule has 24 heavy (non-hydrogen) atoms. The molecule has 2 heterocycles. The van der Waals surface area contributed by atoms with Crippen molar-refractivity contribution in [1.29, 1.82) is 0 Å². The van der Waals surface area contributed by atoms with E-state index in [4.69, 9.17) is 9.73 Å². The minimum absolute atomic E-state index is 0.216. The number of halogens is 1. The molecule has 2 aliphatic heterocycles. The van der Waals surface area contributed by atoms with Crippen LogP contribution >= 0.6 is 0 Å². The lowest BCUT2D eigenvalue weighted by molar-refractivity contribution is 0.0771. The van der Waals surface area contributed by atoms with Gasteiger partial charge >= 0.3 is 0 Å². The maximum absolute atomic E-state index is 13.1. The van der Waals surface area contributed by atoms with Crippen LogP contribution in [0, 0.1) is 5.82 Å². The predicted molar refractivity (Wildman–Crippen MR) is 93.2 cm³/mol. The summed E-state index contributed by atoms with van der Waals surface area (Å²) in [6.07, 6.45) is 1.74. The number of anilines is 1. The highest BCUT2D eigenvalue weighted by Crippen LogP contribution is 2.37. The van der Waals surface area contributed by atoms with Gasteiger partial charge < -0.3 is 15.4 Å². The molecule has 1 fully saturated rings. The lowest BCUT2D eigenvalue weighted by atomic mass is 9.86. The lowest BCUT2D eigenvalue weighted by Gasteiger charge is -2.42. The molecule has 1 saturated heterocycles. The highest BCUT2D eigenvalue weighted by atomic mass is 19.1. The van der Waals surface area contributed by atoms with Gasteiger partial charge in [0, 0.05) is 32.6 Å². The van der Waals surface area contributed by atoms with E-state index >= 15 is 0 Å². The molecule has 0 radical (unpaired) electrons. The highest BCUT2D eigenvalue weighted by molar-refractivity contribution is 6.00. The zero-order valence-corrected chi connectivity index (χ0v) is 13.4. The number of benzene rings is 2. The summed E-state index contributed by atoms with van der Waals surface area (Å²) >= 11 is 0. The van der Waals surface area contributed by atoms with Gasteiger partial charge in [0.15, 0.2) is 0 Å². The summed E-state index contributed by atoms with van der Waals surface area (Å²) in [5.74, 6) is 0.721. The van der Waals surface area contributed by atoms with E-state index in [1.807, 2.05) is 18.2 Å². The minimum atomic E-state index is -0.217. The Morgan fingerprint density at radius 2 is 1.83 bits per heavy atom. The van der Waals surface area contributed by atoms with E-state index in [0.29, 0.717) is 19.8 Å². The van der Waals surface area contributed by atoms with Crippen molar-refractivity contribution in [3.63, 3.8) is 0 Å². The molecule has 1 spiro atoms. The maximum atomic E-state index is 13.1. The smallest absolute Gasteiger partial charge is 0.129 e. The molecule has 0 saturated carbocycles. The summed E-state index contributed by atoms with van der Waals surface area (Å²) in [6, 6.07) is 14.6. The molecule has 0 atom stereocenters. The molecule has 2 aromatic rings. The first-order chi connectivity index (χ1) is 11.8. The Kier molecular flexibility index (Phi) is 3.94. The second kappa shape index (κ2) is 6.24. The van der Waals surface area contributed by atoms with Crippen LogP contribution in [0.4, 0.5) is 15.8 Å². The third-order valence-corrected chi connectivity index (χ3v) is 4.68. The average molecular weight is 325 g/mol. The Labute approximate surface area is 140 Å². The fourth-order valence-electron chi connectivity index (χ4n) is 3.30. The maximum Gasteiger partial charge on any atom is 0.129 e. The fourth-order valence-corrected chi connectivity index (χ4v) is 3.30. The summed E-state index contributed by atoms with van der Waals surface area (Å²) in [5.41, 5.74) is 2.82. The second-order valence-corrected chi connectivity index (χ2v) is 6.28. The first-order valence-electron chi connectivity index (χ1n) is 8.28. The number of ether oxygens (including phenoxy) is 1. The van der Waals surface area contributed by atoms with Crippen LogP contribution in [0.2, 0.25) is 0 Å². The molecule has 4 rings (SSSR count). The van der Waals surface area contributed by atoms with Gasteiger partial charge in [-0.05, 0) is 29.8 Å². The molecule has 2 aromatic carbocycles. The normalized spacial score (nSPS) is 18.5. The standard InChI is InChI=1S/C19H20FN3O/c20-15-7-5-14(6-8-15)13-21-18-19(9-11-24-12-10-19)23-17-4-2-1-3-16(17)22-18/h1-8,23H,9-13H2,(H,21,22). The molecule has 0 aliphatic carbocycles. The lowest BCUT2D eigenvalue weighted by Crippen LogP contribution is -2.56. The van der Waals surface area contributed by atoms with Crippen LogP contribution in [0.25, 0.3) is 0 Å². The molecule has 4 nitrogen and oxygen atoms in total. The Morgan fingerprint density at radius 3 is 2.62 bits per heavy atom. The van der Waals surface area contributed by atoms with Gasteiger partial charge in [-0.2, -0.15) is 0 Å². The summed E-state index contributed by atoms with van der Waals surface area (Å²) in [7, 11) is 0. The van der Waals surface area contributed by atoms with Crippen LogP contribution < -0.4 is 10.6 Å². The molecule has 0 aromatic heterocycles. The van der Waals surface area contributed by atoms with E-state index in [0.717, 1.165) is 35.6 Å². The van der Waals surface area contributed by atoms with Crippen LogP contribution in [-0.4, -0.2) is 24.6 Å². The Hall–Kier alpha value is -2.40. The quantitative estimate of drug-likeness (QED) is 0.886. The number of para-hydroxylation sites is 2. The number of hydrogen-bond acceptors (Lipinski definition) is 4. The third kappa shape index (κ3) is 2.87. The van der Waals surface area contributed by atoms with Gasteiger partial charge in [-0.3, -0.25) is 0 Å². The average Bonchev–Trinajstić information content (AvgIpc) is 2.62. The van der Waals surface area contributed by atoms with Crippen LogP contribution in [0.5, 0.6) is 0 Å². The molecule has 0 amide bonds. The summed E-state index contributed by atoms with van der Waals surface area (Å²) < 4.78 is 18.6. The molecule has 0 bridgehead atoms. The van der Waals surface area contributed by atoms with E-state index in [1.54, 1.807) is 12.1 Å². The van der Waals surface area contributed by atoms with Gasteiger partial charge in [0.2, 0.25) is 0 Å². The first kappa shape index (κ1) is 15.1. The van der Waals surface area contributed by atoms with Crippen molar-refractivity contribution in [2.45, 2.75) is 24.9 Å². The number of rotatable bonds is 2. The van der Waals surface area contributed by atoms with Crippen LogP contribution in [0.15, 0.2) is 53.5 Å². The van der Waals surface area contributed by atoms with E-state index in [9.17, 15) is 4.39 Å². The van der Waals surface area contributed by atoms with Gasteiger partial charge in [-0.15, -0.1) is 0 Å². The Balaban J connectivity index is 1.61. The van der Waals surface area contributed by atoms with Crippen LogP contribution in [0.1, 0.15) is 18.4 Å². The summed E-state index contributed by atoms with van der Waals surface area (Å²) in [5, 5.41) is 7.14. The van der Waals surface area contributed by atoms with Gasteiger partial charge in [0.05, 0.1) is 16.9 Å². The summed E-state index contributed by atoms with van der Waals surface area (Å²) in [6.45, 7) is 2.05.